The highest BCUT2D eigenvalue weighted by Gasteiger charge is 2.22. The number of aromatic nitrogens is 1. The standard InChI is InChI=1S/C19H15FN2O4/c1-11-17(18(26-22-11)13-3-2-4-14(20)8-13)19(23)21-9-12-5-6-15-16(7-12)25-10-24-15/h2-8H,9-10H2,1H3,(H,21,23). The molecule has 1 amide bonds. The number of fused-ring (bicyclic) bond motifs is 1. The zero-order valence-electron chi connectivity index (χ0n) is 13.9. The third kappa shape index (κ3) is 2.99. The van der Waals surface area contributed by atoms with Crippen LogP contribution in [0.3, 0.4) is 0 Å². The quantitative estimate of drug-likeness (QED) is 0.777. The van der Waals surface area contributed by atoms with Crippen molar-refractivity contribution in [3.8, 4) is 22.8 Å². The Bertz CT molecular complexity index is 983. The maximum Gasteiger partial charge on any atom is 0.257 e. The normalized spacial score (nSPS) is 12.2. The van der Waals surface area contributed by atoms with Gasteiger partial charge in [0, 0.05) is 12.1 Å². The number of halogens is 1. The second-order valence-electron chi connectivity index (χ2n) is 5.85. The number of nitrogens with zero attached hydrogens (tertiary/aromatic N) is 1. The molecule has 2 aromatic carbocycles. The number of amides is 1. The fraction of sp³-hybridized carbons (Fsp3) is 0.158. The zero-order valence-corrected chi connectivity index (χ0v) is 13.9. The largest absolute Gasteiger partial charge is 0.454 e. The zero-order chi connectivity index (χ0) is 18.1. The molecular formula is C19H15FN2O4. The molecule has 0 unspecified atom stereocenters. The van der Waals surface area contributed by atoms with Crippen LogP contribution in [0.4, 0.5) is 4.39 Å². The van der Waals surface area contributed by atoms with E-state index in [0.29, 0.717) is 29.3 Å². The van der Waals surface area contributed by atoms with Crippen LogP contribution in [-0.2, 0) is 6.54 Å². The van der Waals surface area contributed by atoms with Crippen molar-refractivity contribution in [1.29, 1.82) is 0 Å². The number of hydrogen-bond acceptors (Lipinski definition) is 5. The van der Waals surface area contributed by atoms with Crippen LogP contribution in [-0.4, -0.2) is 17.9 Å². The summed E-state index contributed by atoms with van der Waals surface area (Å²) in [6.07, 6.45) is 0. The molecule has 0 saturated carbocycles. The highest BCUT2D eigenvalue weighted by Crippen LogP contribution is 2.32. The van der Waals surface area contributed by atoms with E-state index >= 15 is 0 Å². The topological polar surface area (TPSA) is 73.6 Å². The Kier molecular flexibility index (Phi) is 4.04. The van der Waals surface area contributed by atoms with Gasteiger partial charge in [-0.05, 0) is 36.8 Å². The fourth-order valence-corrected chi connectivity index (χ4v) is 2.79. The van der Waals surface area contributed by atoms with E-state index in [1.54, 1.807) is 25.1 Å². The molecule has 0 saturated heterocycles. The first-order valence-electron chi connectivity index (χ1n) is 8.01. The lowest BCUT2D eigenvalue weighted by atomic mass is 10.1. The lowest BCUT2D eigenvalue weighted by molar-refractivity contribution is 0.0950. The maximum atomic E-state index is 13.5. The highest BCUT2D eigenvalue weighted by molar-refractivity contribution is 6.00. The molecule has 0 bridgehead atoms. The minimum Gasteiger partial charge on any atom is -0.454 e. The van der Waals surface area contributed by atoms with Crippen molar-refractivity contribution in [3.05, 3.63) is 65.1 Å². The number of rotatable bonds is 4. The first kappa shape index (κ1) is 16.1. The third-order valence-corrected chi connectivity index (χ3v) is 4.07. The van der Waals surface area contributed by atoms with Crippen molar-refractivity contribution in [3.63, 3.8) is 0 Å². The fourth-order valence-electron chi connectivity index (χ4n) is 2.79. The smallest absolute Gasteiger partial charge is 0.257 e. The minimum absolute atomic E-state index is 0.196. The summed E-state index contributed by atoms with van der Waals surface area (Å²) >= 11 is 0. The number of hydrogen-bond donors (Lipinski definition) is 1. The van der Waals surface area contributed by atoms with E-state index in [4.69, 9.17) is 14.0 Å². The van der Waals surface area contributed by atoms with Gasteiger partial charge in [-0.3, -0.25) is 4.79 Å². The first-order valence-corrected chi connectivity index (χ1v) is 8.01. The van der Waals surface area contributed by atoms with Gasteiger partial charge in [-0.2, -0.15) is 0 Å². The van der Waals surface area contributed by atoms with Crippen LogP contribution in [0.1, 0.15) is 21.6 Å². The van der Waals surface area contributed by atoms with Gasteiger partial charge >= 0.3 is 0 Å². The molecule has 0 fully saturated rings. The number of carbonyl (C=O) groups is 1. The van der Waals surface area contributed by atoms with Gasteiger partial charge in [0.2, 0.25) is 6.79 Å². The summed E-state index contributed by atoms with van der Waals surface area (Å²) in [5.41, 5.74) is 2.05. The molecule has 132 valence electrons. The van der Waals surface area contributed by atoms with E-state index in [9.17, 15) is 9.18 Å². The number of benzene rings is 2. The summed E-state index contributed by atoms with van der Waals surface area (Å²) in [4.78, 5) is 12.7. The Morgan fingerprint density at radius 2 is 2.04 bits per heavy atom. The molecule has 0 spiro atoms. The Labute approximate surface area is 148 Å². The molecule has 1 N–H and O–H groups in total. The minimum atomic E-state index is -0.414. The molecule has 26 heavy (non-hydrogen) atoms. The lowest BCUT2D eigenvalue weighted by Crippen LogP contribution is -2.23. The van der Waals surface area contributed by atoms with E-state index in [0.717, 1.165) is 5.56 Å². The van der Waals surface area contributed by atoms with Gasteiger partial charge < -0.3 is 19.3 Å². The molecule has 7 heteroatoms. The first-order chi connectivity index (χ1) is 12.6. The average Bonchev–Trinajstić information content (AvgIpc) is 3.25. The summed E-state index contributed by atoms with van der Waals surface area (Å²) in [6, 6.07) is 11.3. The molecule has 1 aromatic heterocycles. The summed E-state index contributed by atoms with van der Waals surface area (Å²) in [5, 5.41) is 6.68. The molecule has 2 heterocycles. The predicted octanol–water partition coefficient (Wildman–Crippen LogP) is 3.45. The van der Waals surface area contributed by atoms with Gasteiger partial charge in [0.1, 0.15) is 11.4 Å². The van der Waals surface area contributed by atoms with Crippen LogP contribution < -0.4 is 14.8 Å². The monoisotopic (exact) mass is 354 g/mol. The molecule has 0 atom stereocenters. The van der Waals surface area contributed by atoms with Crippen molar-refractivity contribution in [2.75, 3.05) is 6.79 Å². The molecule has 1 aliphatic heterocycles. The van der Waals surface area contributed by atoms with Crippen molar-refractivity contribution >= 4 is 5.91 Å². The summed E-state index contributed by atoms with van der Waals surface area (Å²) in [6.45, 7) is 2.16. The third-order valence-electron chi connectivity index (χ3n) is 4.07. The second kappa shape index (κ2) is 6.51. The SMILES string of the molecule is Cc1noc(-c2cccc(F)c2)c1C(=O)NCc1ccc2c(c1)OCO2. The molecule has 4 rings (SSSR count). The Morgan fingerprint density at radius 3 is 2.88 bits per heavy atom. The number of ether oxygens (including phenoxy) is 2. The molecule has 0 aliphatic carbocycles. The molecule has 0 radical (unpaired) electrons. The van der Waals surface area contributed by atoms with Gasteiger partial charge in [-0.15, -0.1) is 0 Å². The predicted molar refractivity (Wildman–Crippen MR) is 90.4 cm³/mol. The van der Waals surface area contributed by atoms with Crippen molar-refractivity contribution < 1.29 is 23.2 Å². The van der Waals surface area contributed by atoms with E-state index in [-0.39, 0.29) is 24.0 Å². The van der Waals surface area contributed by atoms with E-state index < -0.39 is 5.82 Å². The van der Waals surface area contributed by atoms with Crippen LogP contribution >= 0.6 is 0 Å². The van der Waals surface area contributed by atoms with Crippen LogP contribution in [0.25, 0.3) is 11.3 Å². The lowest BCUT2D eigenvalue weighted by Gasteiger charge is -2.07. The summed E-state index contributed by atoms with van der Waals surface area (Å²) in [5.74, 6) is 0.816. The van der Waals surface area contributed by atoms with Crippen molar-refractivity contribution in [2.45, 2.75) is 13.5 Å². The van der Waals surface area contributed by atoms with Crippen molar-refractivity contribution in [1.82, 2.24) is 10.5 Å². The molecule has 6 nitrogen and oxygen atoms in total. The number of aryl methyl sites for hydroxylation is 1. The van der Waals surface area contributed by atoms with Crippen LogP contribution in [0.15, 0.2) is 47.0 Å². The van der Waals surface area contributed by atoms with E-state index in [2.05, 4.69) is 10.5 Å². The van der Waals surface area contributed by atoms with Crippen molar-refractivity contribution in [2.24, 2.45) is 0 Å². The Balaban J connectivity index is 1.54. The van der Waals surface area contributed by atoms with E-state index in [1.807, 2.05) is 12.1 Å². The molecule has 1 aliphatic rings. The summed E-state index contributed by atoms with van der Waals surface area (Å²) < 4.78 is 29.3. The van der Waals surface area contributed by atoms with Gasteiger partial charge in [-0.25, -0.2) is 4.39 Å². The molecule has 3 aromatic rings. The van der Waals surface area contributed by atoms with Gasteiger partial charge in [0.15, 0.2) is 17.3 Å². The number of nitrogens with one attached hydrogen (secondary N) is 1. The summed E-state index contributed by atoms with van der Waals surface area (Å²) in [7, 11) is 0. The highest BCUT2D eigenvalue weighted by atomic mass is 19.1. The average molecular weight is 354 g/mol. The van der Waals surface area contributed by atoms with Gasteiger partial charge in [0.05, 0.1) is 5.69 Å². The molecular weight excluding hydrogens is 339 g/mol. The van der Waals surface area contributed by atoms with Gasteiger partial charge in [0.25, 0.3) is 5.91 Å². The Hall–Kier alpha value is -3.35. The second-order valence-corrected chi connectivity index (χ2v) is 5.85. The van der Waals surface area contributed by atoms with Crippen LogP contribution in [0, 0.1) is 12.7 Å². The van der Waals surface area contributed by atoms with E-state index in [1.165, 1.54) is 12.1 Å². The maximum absolute atomic E-state index is 13.5. The van der Waals surface area contributed by atoms with Crippen LogP contribution in [0.5, 0.6) is 11.5 Å². The van der Waals surface area contributed by atoms with Gasteiger partial charge in [-0.1, -0.05) is 23.4 Å². The Morgan fingerprint density at radius 1 is 1.19 bits per heavy atom. The van der Waals surface area contributed by atoms with Crippen LogP contribution in [0.2, 0.25) is 0 Å². The number of carbonyl (C=O) groups excluding carboxylic acids is 1.